The molecule has 1 amide bonds. The second-order valence-corrected chi connectivity index (χ2v) is 4.84. The Hall–Kier alpha value is -1.62. The van der Waals surface area contributed by atoms with E-state index in [1.165, 1.54) is 0 Å². The molecule has 1 aromatic heterocycles. The highest BCUT2D eigenvalue weighted by Gasteiger charge is 2.27. The van der Waals surface area contributed by atoms with E-state index in [0.717, 1.165) is 31.4 Å². The number of anilines is 1. The van der Waals surface area contributed by atoms with Crippen LogP contribution in [0.3, 0.4) is 0 Å². The van der Waals surface area contributed by atoms with Crippen molar-refractivity contribution in [2.45, 2.75) is 31.7 Å². The second-order valence-electron chi connectivity index (χ2n) is 4.84. The molecule has 104 valence electrons. The molecule has 0 unspecified atom stereocenters. The van der Waals surface area contributed by atoms with E-state index in [4.69, 9.17) is 5.11 Å². The number of rotatable bonds is 5. The highest BCUT2D eigenvalue weighted by Crippen LogP contribution is 2.24. The van der Waals surface area contributed by atoms with E-state index in [-0.39, 0.29) is 18.6 Å². The normalized spacial score (nSPS) is 15.5. The molecular weight excluding hydrogens is 242 g/mol. The lowest BCUT2D eigenvalue weighted by atomic mass is 10.2. The fourth-order valence-electron chi connectivity index (χ4n) is 2.59. The largest absolute Gasteiger partial charge is 0.395 e. The molecule has 1 aliphatic rings. The van der Waals surface area contributed by atoms with E-state index >= 15 is 0 Å². The molecule has 0 aromatic carbocycles. The highest BCUT2D eigenvalue weighted by atomic mass is 16.3. The standard InChI is InChI=1S/C14H21N3O2/c1-15-11-6-7-13(16-10-11)14(19)17(8-9-18)12-4-2-3-5-12/h6-7,10,12,15,18H,2-5,8-9H2,1H3. The number of pyridine rings is 1. The lowest BCUT2D eigenvalue weighted by Gasteiger charge is -2.28. The summed E-state index contributed by atoms with van der Waals surface area (Å²) in [6, 6.07) is 3.82. The van der Waals surface area contributed by atoms with E-state index in [1.54, 1.807) is 17.2 Å². The quantitative estimate of drug-likeness (QED) is 0.845. The van der Waals surface area contributed by atoms with Crippen molar-refractivity contribution in [3.63, 3.8) is 0 Å². The molecule has 1 aliphatic carbocycles. The number of amides is 1. The van der Waals surface area contributed by atoms with Gasteiger partial charge in [-0.15, -0.1) is 0 Å². The van der Waals surface area contributed by atoms with Crippen molar-refractivity contribution in [2.24, 2.45) is 0 Å². The molecule has 0 atom stereocenters. The van der Waals surface area contributed by atoms with E-state index in [2.05, 4.69) is 10.3 Å². The molecule has 0 saturated heterocycles. The Morgan fingerprint density at radius 2 is 2.21 bits per heavy atom. The van der Waals surface area contributed by atoms with Gasteiger partial charge in [0.1, 0.15) is 5.69 Å². The zero-order valence-corrected chi connectivity index (χ0v) is 11.3. The molecule has 1 saturated carbocycles. The van der Waals surface area contributed by atoms with Crippen molar-refractivity contribution < 1.29 is 9.90 Å². The lowest BCUT2D eigenvalue weighted by Crippen LogP contribution is -2.41. The topological polar surface area (TPSA) is 65.5 Å². The smallest absolute Gasteiger partial charge is 0.272 e. The van der Waals surface area contributed by atoms with Crippen LogP contribution in [0.5, 0.6) is 0 Å². The van der Waals surface area contributed by atoms with Gasteiger partial charge in [-0.05, 0) is 25.0 Å². The number of hydrogen-bond donors (Lipinski definition) is 2. The van der Waals surface area contributed by atoms with Crippen molar-refractivity contribution in [3.05, 3.63) is 24.0 Å². The molecule has 2 N–H and O–H groups in total. The average Bonchev–Trinajstić information content (AvgIpc) is 2.98. The third kappa shape index (κ3) is 3.23. The minimum atomic E-state index is -0.0800. The van der Waals surface area contributed by atoms with Gasteiger partial charge in [-0.25, -0.2) is 4.98 Å². The van der Waals surface area contributed by atoms with Crippen LogP contribution in [0.4, 0.5) is 5.69 Å². The van der Waals surface area contributed by atoms with Crippen molar-refractivity contribution in [1.82, 2.24) is 9.88 Å². The predicted molar refractivity (Wildman–Crippen MR) is 74.2 cm³/mol. The SMILES string of the molecule is CNc1ccc(C(=O)N(CCO)C2CCCC2)nc1. The van der Waals surface area contributed by atoms with Gasteiger partial charge in [0.25, 0.3) is 5.91 Å². The summed E-state index contributed by atoms with van der Waals surface area (Å²) in [6.45, 7) is 0.385. The molecule has 0 spiro atoms. The molecule has 0 aliphatic heterocycles. The van der Waals surface area contributed by atoms with Gasteiger partial charge >= 0.3 is 0 Å². The number of nitrogens with one attached hydrogen (secondary N) is 1. The number of carbonyl (C=O) groups is 1. The minimum absolute atomic E-state index is 0.00314. The van der Waals surface area contributed by atoms with Crippen LogP contribution in [0.15, 0.2) is 18.3 Å². The first-order valence-corrected chi connectivity index (χ1v) is 6.82. The minimum Gasteiger partial charge on any atom is -0.395 e. The number of hydrogen-bond acceptors (Lipinski definition) is 4. The Morgan fingerprint density at radius 1 is 1.47 bits per heavy atom. The summed E-state index contributed by atoms with van der Waals surface area (Å²) in [5, 5.41) is 12.1. The lowest BCUT2D eigenvalue weighted by molar-refractivity contribution is 0.0632. The maximum atomic E-state index is 12.5. The maximum absolute atomic E-state index is 12.5. The Morgan fingerprint density at radius 3 is 2.74 bits per heavy atom. The third-order valence-electron chi connectivity index (χ3n) is 3.64. The molecule has 1 heterocycles. The molecule has 5 heteroatoms. The fraction of sp³-hybridized carbons (Fsp3) is 0.571. The van der Waals surface area contributed by atoms with Crippen molar-refractivity contribution >= 4 is 11.6 Å². The number of aliphatic hydroxyl groups excluding tert-OH is 1. The molecule has 1 aromatic rings. The summed E-state index contributed by atoms with van der Waals surface area (Å²) in [5.74, 6) is -0.0800. The van der Waals surface area contributed by atoms with Gasteiger partial charge in [0.05, 0.1) is 18.5 Å². The van der Waals surface area contributed by atoms with Crippen LogP contribution in [0.2, 0.25) is 0 Å². The summed E-state index contributed by atoms with van der Waals surface area (Å²) >= 11 is 0. The first-order chi connectivity index (χ1) is 9.26. The van der Waals surface area contributed by atoms with E-state index in [0.29, 0.717) is 12.2 Å². The highest BCUT2D eigenvalue weighted by molar-refractivity contribution is 5.92. The summed E-state index contributed by atoms with van der Waals surface area (Å²) in [5.41, 5.74) is 1.32. The van der Waals surface area contributed by atoms with Gasteiger partial charge in [0.2, 0.25) is 0 Å². The van der Waals surface area contributed by atoms with Crippen LogP contribution in [-0.2, 0) is 0 Å². The Balaban J connectivity index is 2.12. The third-order valence-corrected chi connectivity index (χ3v) is 3.64. The van der Waals surface area contributed by atoms with Crippen molar-refractivity contribution in [2.75, 3.05) is 25.5 Å². The number of carbonyl (C=O) groups excluding carboxylic acids is 1. The average molecular weight is 263 g/mol. The monoisotopic (exact) mass is 263 g/mol. The molecular formula is C14H21N3O2. The molecule has 1 fully saturated rings. The van der Waals surface area contributed by atoms with Crippen LogP contribution >= 0.6 is 0 Å². The number of nitrogens with zero attached hydrogens (tertiary/aromatic N) is 2. The zero-order chi connectivity index (χ0) is 13.7. The summed E-state index contributed by atoms with van der Waals surface area (Å²) in [4.78, 5) is 18.4. The molecule has 5 nitrogen and oxygen atoms in total. The number of aliphatic hydroxyl groups is 1. The second kappa shape index (κ2) is 6.52. The van der Waals surface area contributed by atoms with E-state index in [9.17, 15) is 4.79 Å². The Bertz CT molecular complexity index is 413. The first-order valence-electron chi connectivity index (χ1n) is 6.82. The van der Waals surface area contributed by atoms with E-state index in [1.807, 2.05) is 13.1 Å². The molecule has 0 bridgehead atoms. The number of aromatic nitrogens is 1. The van der Waals surface area contributed by atoms with Gasteiger partial charge in [-0.2, -0.15) is 0 Å². The van der Waals surface area contributed by atoms with Crippen LogP contribution in [0, 0.1) is 0 Å². The van der Waals surface area contributed by atoms with Crippen LogP contribution in [-0.4, -0.2) is 47.1 Å². The van der Waals surface area contributed by atoms with E-state index < -0.39 is 0 Å². The van der Waals surface area contributed by atoms with Gasteiger partial charge in [0, 0.05) is 19.6 Å². The molecule has 0 radical (unpaired) electrons. The summed E-state index contributed by atoms with van der Waals surface area (Å²) in [7, 11) is 1.81. The predicted octanol–water partition coefficient (Wildman–Crippen LogP) is 1.50. The Kier molecular flexibility index (Phi) is 4.74. The van der Waals surface area contributed by atoms with Gasteiger partial charge in [0.15, 0.2) is 0 Å². The zero-order valence-electron chi connectivity index (χ0n) is 11.3. The van der Waals surface area contributed by atoms with Crippen LogP contribution < -0.4 is 5.32 Å². The maximum Gasteiger partial charge on any atom is 0.272 e. The Labute approximate surface area is 113 Å². The van der Waals surface area contributed by atoms with Crippen molar-refractivity contribution in [3.8, 4) is 0 Å². The van der Waals surface area contributed by atoms with Crippen LogP contribution in [0.1, 0.15) is 36.2 Å². The van der Waals surface area contributed by atoms with Gasteiger partial charge in [-0.1, -0.05) is 12.8 Å². The van der Waals surface area contributed by atoms with Crippen LogP contribution in [0.25, 0.3) is 0 Å². The summed E-state index contributed by atoms with van der Waals surface area (Å²) < 4.78 is 0. The van der Waals surface area contributed by atoms with Gasteiger partial charge < -0.3 is 15.3 Å². The first kappa shape index (κ1) is 13.8. The van der Waals surface area contributed by atoms with Crippen molar-refractivity contribution in [1.29, 1.82) is 0 Å². The summed E-state index contributed by atoms with van der Waals surface area (Å²) in [6.07, 6.45) is 6.03. The van der Waals surface area contributed by atoms with Gasteiger partial charge in [-0.3, -0.25) is 4.79 Å². The molecule has 19 heavy (non-hydrogen) atoms. The fourth-order valence-corrected chi connectivity index (χ4v) is 2.59. The molecule has 2 rings (SSSR count).